The first-order valence-electron chi connectivity index (χ1n) is 6.94. The number of carbonyl (C=O) groups is 3. The van der Waals surface area contributed by atoms with E-state index in [0.717, 1.165) is 12.8 Å². The summed E-state index contributed by atoms with van der Waals surface area (Å²) in [6.07, 6.45) is 1.24. The van der Waals surface area contributed by atoms with Gasteiger partial charge in [-0.1, -0.05) is 0 Å². The van der Waals surface area contributed by atoms with Gasteiger partial charge in [0.2, 0.25) is 0 Å². The van der Waals surface area contributed by atoms with E-state index in [2.05, 4.69) is 10.1 Å². The number of carboxylic acids is 1. The first-order valence-corrected chi connectivity index (χ1v) is 6.94. The molecule has 2 amide bonds. The third-order valence-corrected chi connectivity index (χ3v) is 3.26. The zero-order valence-corrected chi connectivity index (χ0v) is 12.3. The van der Waals surface area contributed by atoms with E-state index in [0.29, 0.717) is 19.7 Å². The lowest BCUT2D eigenvalue weighted by Crippen LogP contribution is -2.52. The molecule has 1 aliphatic heterocycles. The molecule has 1 rings (SSSR count). The summed E-state index contributed by atoms with van der Waals surface area (Å²) < 4.78 is 9.91. The summed E-state index contributed by atoms with van der Waals surface area (Å²) in [5, 5.41) is 11.4. The summed E-state index contributed by atoms with van der Waals surface area (Å²) in [5.74, 6) is -1.96. The summed E-state index contributed by atoms with van der Waals surface area (Å²) in [6, 6.07) is -1.80. The summed E-state index contributed by atoms with van der Waals surface area (Å²) in [7, 11) is 1.17. The molecule has 0 saturated carbocycles. The van der Waals surface area contributed by atoms with Crippen molar-refractivity contribution in [2.75, 3.05) is 26.8 Å². The van der Waals surface area contributed by atoms with Gasteiger partial charge < -0.3 is 24.8 Å². The number of ether oxygens (including phenoxy) is 2. The van der Waals surface area contributed by atoms with E-state index in [4.69, 9.17) is 9.84 Å². The van der Waals surface area contributed by atoms with Crippen LogP contribution < -0.4 is 5.32 Å². The molecule has 1 heterocycles. The predicted octanol–water partition coefficient (Wildman–Crippen LogP) is 0.213. The van der Waals surface area contributed by atoms with Gasteiger partial charge >= 0.3 is 18.0 Å². The number of amides is 2. The average molecular weight is 302 g/mol. The Morgan fingerprint density at radius 2 is 2.14 bits per heavy atom. The van der Waals surface area contributed by atoms with Crippen LogP contribution in [0.5, 0.6) is 0 Å². The molecule has 0 aromatic rings. The third-order valence-electron chi connectivity index (χ3n) is 3.26. The van der Waals surface area contributed by atoms with Crippen molar-refractivity contribution in [2.24, 2.45) is 0 Å². The number of likely N-dealkylation sites (tertiary alicyclic amines) is 1. The Kier molecular flexibility index (Phi) is 6.93. The minimum absolute atomic E-state index is 0.0293. The molecule has 1 unspecified atom stereocenters. The van der Waals surface area contributed by atoms with E-state index in [1.54, 1.807) is 0 Å². The number of rotatable bonds is 6. The largest absolute Gasteiger partial charge is 0.480 e. The first kappa shape index (κ1) is 17.2. The number of carbonyl (C=O) groups excluding carboxylic acids is 2. The molecule has 8 nitrogen and oxygen atoms in total. The topological polar surface area (TPSA) is 105 Å². The van der Waals surface area contributed by atoms with Gasteiger partial charge in [-0.15, -0.1) is 0 Å². The van der Waals surface area contributed by atoms with E-state index >= 15 is 0 Å². The van der Waals surface area contributed by atoms with Gasteiger partial charge in [0.15, 0.2) is 0 Å². The maximum Gasteiger partial charge on any atom is 0.326 e. The Hall–Kier alpha value is -1.83. The highest BCUT2D eigenvalue weighted by molar-refractivity contribution is 5.86. The quantitative estimate of drug-likeness (QED) is 0.680. The van der Waals surface area contributed by atoms with Crippen LogP contribution in [-0.2, 0) is 19.1 Å². The number of nitrogens with zero attached hydrogens (tertiary/aromatic N) is 1. The molecule has 0 radical (unpaired) electrons. The van der Waals surface area contributed by atoms with E-state index in [-0.39, 0.29) is 6.10 Å². The predicted molar refractivity (Wildman–Crippen MR) is 72.8 cm³/mol. The van der Waals surface area contributed by atoms with Gasteiger partial charge in [0, 0.05) is 19.7 Å². The molecular weight excluding hydrogens is 280 g/mol. The van der Waals surface area contributed by atoms with Gasteiger partial charge in [-0.3, -0.25) is 4.79 Å². The summed E-state index contributed by atoms with van der Waals surface area (Å²) in [5.41, 5.74) is 0. The molecule has 21 heavy (non-hydrogen) atoms. The molecule has 120 valence electrons. The number of nitrogens with one attached hydrogen (secondary N) is 1. The number of urea groups is 1. The maximum absolute atomic E-state index is 12.1. The van der Waals surface area contributed by atoms with E-state index in [1.165, 1.54) is 12.0 Å². The van der Waals surface area contributed by atoms with E-state index < -0.39 is 30.4 Å². The number of piperidine rings is 1. The van der Waals surface area contributed by atoms with Gasteiger partial charge in [0.25, 0.3) is 0 Å². The van der Waals surface area contributed by atoms with Crippen LogP contribution in [-0.4, -0.2) is 66.9 Å². The zero-order chi connectivity index (χ0) is 15.8. The number of hydrogen-bond donors (Lipinski definition) is 2. The van der Waals surface area contributed by atoms with Crippen molar-refractivity contribution in [1.29, 1.82) is 0 Å². The van der Waals surface area contributed by atoms with Crippen molar-refractivity contribution in [3.63, 3.8) is 0 Å². The smallest absolute Gasteiger partial charge is 0.326 e. The molecule has 0 aliphatic carbocycles. The number of aliphatic carboxylic acids is 1. The van der Waals surface area contributed by atoms with Gasteiger partial charge in [0.1, 0.15) is 6.04 Å². The molecule has 1 fully saturated rings. The number of methoxy groups -OCH3 is 1. The average Bonchev–Trinajstić information content (AvgIpc) is 2.46. The normalized spacial score (nSPS) is 19.7. The number of hydrogen-bond acceptors (Lipinski definition) is 5. The van der Waals surface area contributed by atoms with Crippen molar-refractivity contribution in [1.82, 2.24) is 10.2 Å². The molecule has 2 N–H and O–H groups in total. The fourth-order valence-electron chi connectivity index (χ4n) is 2.18. The minimum atomic E-state index is -1.29. The van der Waals surface area contributed by atoms with Crippen molar-refractivity contribution in [3.8, 4) is 0 Å². The highest BCUT2D eigenvalue weighted by atomic mass is 16.5. The van der Waals surface area contributed by atoms with Crippen LogP contribution >= 0.6 is 0 Å². The van der Waals surface area contributed by atoms with Crippen LogP contribution in [0, 0.1) is 0 Å². The Morgan fingerprint density at radius 1 is 1.43 bits per heavy atom. The van der Waals surface area contributed by atoms with Crippen LogP contribution in [0.1, 0.15) is 26.2 Å². The van der Waals surface area contributed by atoms with Crippen molar-refractivity contribution in [2.45, 2.75) is 38.3 Å². The van der Waals surface area contributed by atoms with Crippen LogP contribution in [0.3, 0.4) is 0 Å². The summed E-state index contributed by atoms with van der Waals surface area (Å²) in [6.45, 7) is 3.42. The SMILES string of the molecule is CCOC1CCCN(C(=O)N[C@@H](CC(=O)OC)C(=O)O)C1. The van der Waals surface area contributed by atoms with Gasteiger partial charge in [-0.25, -0.2) is 9.59 Å². The Balaban J connectivity index is 2.56. The molecule has 0 aromatic carbocycles. The van der Waals surface area contributed by atoms with Crippen LogP contribution in [0.2, 0.25) is 0 Å². The molecule has 0 bridgehead atoms. The second kappa shape index (κ2) is 8.46. The second-order valence-electron chi connectivity index (χ2n) is 4.79. The van der Waals surface area contributed by atoms with Gasteiger partial charge in [-0.2, -0.15) is 0 Å². The lowest BCUT2D eigenvalue weighted by molar-refractivity contribution is -0.147. The molecule has 0 aromatic heterocycles. The maximum atomic E-state index is 12.1. The highest BCUT2D eigenvalue weighted by Gasteiger charge is 2.29. The third kappa shape index (κ3) is 5.58. The fourth-order valence-corrected chi connectivity index (χ4v) is 2.18. The Morgan fingerprint density at radius 3 is 2.71 bits per heavy atom. The molecule has 8 heteroatoms. The van der Waals surface area contributed by atoms with Gasteiger partial charge in [0.05, 0.1) is 19.6 Å². The van der Waals surface area contributed by atoms with Gasteiger partial charge in [-0.05, 0) is 19.8 Å². The van der Waals surface area contributed by atoms with Crippen molar-refractivity contribution < 1.29 is 29.0 Å². The summed E-state index contributed by atoms with van der Waals surface area (Å²) in [4.78, 5) is 35.8. The fraction of sp³-hybridized carbons (Fsp3) is 0.769. The lowest BCUT2D eigenvalue weighted by Gasteiger charge is -2.33. The standard InChI is InChI=1S/C13H22N2O6/c1-3-21-9-5-4-6-15(8-9)13(19)14-10(12(17)18)7-11(16)20-2/h9-10H,3-8H2,1-2H3,(H,14,19)(H,17,18)/t9?,10-/m0/s1. The van der Waals surface area contributed by atoms with Crippen LogP contribution in [0.4, 0.5) is 4.79 Å². The van der Waals surface area contributed by atoms with Crippen LogP contribution in [0.25, 0.3) is 0 Å². The van der Waals surface area contributed by atoms with E-state index in [9.17, 15) is 14.4 Å². The molecule has 1 saturated heterocycles. The highest BCUT2D eigenvalue weighted by Crippen LogP contribution is 2.13. The Bertz CT molecular complexity index is 385. The molecule has 1 aliphatic rings. The van der Waals surface area contributed by atoms with E-state index in [1.807, 2.05) is 6.92 Å². The Labute approximate surface area is 123 Å². The van der Waals surface area contributed by atoms with Crippen molar-refractivity contribution >= 4 is 18.0 Å². The molecule has 0 spiro atoms. The molecular formula is C13H22N2O6. The molecule has 2 atom stereocenters. The summed E-state index contributed by atoms with van der Waals surface area (Å²) >= 11 is 0. The minimum Gasteiger partial charge on any atom is -0.480 e. The second-order valence-corrected chi connectivity index (χ2v) is 4.79. The zero-order valence-electron chi connectivity index (χ0n) is 12.3. The lowest BCUT2D eigenvalue weighted by atomic mass is 10.1. The first-order chi connectivity index (χ1) is 9.97. The van der Waals surface area contributed by atoms with Crippen molar-refractivity contribution in [3.05, 3.63) is 0 Å². The monoisotopic (exact) mass is 302 g/mol. The van der Waals surface area contributed by atoms with Crippen LogP contribution in [0.15, 0.2) is 0 Å². The number of esters is 1. The number of carboxylic acid groups (broad SMARTS) is 1.